The molecule has 0 saturated carbocycles. The highest BCUT2D eigenvalue weighted by Gasteiger charge is 2.41. The van der Waals surface area contributed by atoms with Crippen LogP contribution in [0.25, 0.3) is 0 Å². The van der Waals surface area contributed by atoms with E-state index in [0.717, 1.165) is 16.8 Å². The molecule has 1 heterocycles. The Balaban J connectivity index is 1.83. The molecule has 1 N–H and O–H groups in total. The molecule has 0 unspecified atom stereocenters. The Morgan fingerprint density at radius 1 is 0.971 bits per heavy atom. The normalized spacial score (nSPS) is 20.1. The number of benzene rings is 2. The van der Waals surface area contributed by atoms with Crippen molar-refractivity contribution in [1.82, 2.24) is 5.32 Å². The van der Waals surface area contributed by atoms with Crippen molar-refractivity contribution >= 4 is 11.8 Å². The van der Waals surface area contributed by atoms with Gasteiger partial charge in [-0.3, -0.25) is 4.79 Å². The van der Waals surface area contributed by atoms with Gasteiger partial charge >= 0.3 is 5.97 Å². The number of nitrogens with one attached hydrogen (secondary N) is 1. The van der Waals surface area contributed by atoms with Gasteiger partial charge in [0.15, 0.2) is 17.3 Å². The zero-order valence-electron chi connectivity index (χ0n) is 20.3. The lowest BCUT2D eigenvalue weighted by Crippen LogP contribution is -2.36. The zero-order chi connectivity index (χ0) is 24.4. The second kappa shape index (κ2) is 9.75. The molecule has 0 saturated heterocycles. The summed E-state index contributed by atoms with van der Waals surface area (Å²) in [5, 5.41) is 3.39. The number of methoxy groups -OCH3 is 2. The summed E-state index contributed by atoms with van der Waals surface area (Å²) in [6.07, 6.45) is 0.803. The van der Waals surface area contributed by atoms with E-state index >= 15 is 0 Å². The smallest absolute Gasteiger partial charge is 0.337 e. The lowest BCUT2D eigenvalue weighted by atomic mass is 9.71. The second-order valence-electron chi connectivity index (χ2n) is 9.00. The van der Waals surface area contributed by atoms with Crippen LogP contribution < -0.4 is 14.8 Å². The van der Waals surface area contributed by atoms with Gasteiger partial charge in [-0.25, -0.2) is 4.79 Å². The van der Waals surface area contributed by atoms with E-state index in [9.17, 15) is 9.59 Å². The first kappa shape index (κ1) is 23.6. The van der Waals surface area contributed by atoms with Crippen LogP contribution in [0.2, 0.25) is 0 Å². The van der Waals surface area contributed by atoms with Crippen LogP contribution in [-0.4, -0.2) is 32.1 Å². The predicted molar refractivity (Wildman–Crippen MR) is 130 cm³/mol. The number of rotatable bonds is 6. The van der Waals surface area contributed by atoms with E-state index in [2.05, 4.69) is 17.4 Å². The predicted octanol–water partition coefficient (Wildman–Crippen LogP) is 5.02. The molecule has 2 aromatic rings. The minimum Gasteiger partial charge on any atom is -0.493 e. The number of ketones is 1. The Hall–Kier alpha value is -3.54. The maximum absolute atomic E-state index is 13.6. The van der Waals surface area contributed by atoms with Crippen LogP contribution >= 0.6 is 0 Å². The van der Waals surface area contributed by atoms with Gasteiger partial charge in [0.25, 0.3) is 0 Å². The third kappa shape index (κ3) is 4.45. The van der Waals surface area contributed by atoms with Gasteiger partial charge in [-0.05, 0) is 56.4 Å². The third-order valence-electron chi connectivity index (χ3n) is 6.40. The summed E-state index contributed by atoms with van der Waals surface area (Å²) in [7, 11) is 3.15. The summed E-state index contributed by atoms with van der Waals surface area (Å²) in [5.41, 5.74) is 4.56. The van der Waals surface area contributed by atoms with Gasteiger partial charge in [0, 0.05) is 29.3 Å². The van der Waals surface area contributed by atoms with Crippen LogP contribution in [-0.2, 0) is 14.3 Å². The molecule has 0 radical (unpaired) electrons. The Kier molecular flexibility index (Phi) is 6.77. The summed E-state index contributed by atoms with van der Waals surface area (Å²) >= 11 is 0. The highest BCUT2D eigenvalue weighted by atomic mass is 16.5. The number of hydrogen-bond donors (Lipinski definition) is 1. The van der Waals surface area contributed by atoms with Crippen molar-refractivity contribution in [2.24, 2.45) is 0 Å². The zero-order valence-corrected chi connectivity index (χ0v) is 20.3. The Labute approximate surface area is 200 Å². The molecule has 4 rings (SSSR count). The quantitative estimate of drug-likeness (QED) is 0.609. The fourth-order valence-electron chi connectivity index (χ4n) is 4.91. The lowest BCUT2D eigenvalue weighted by Gasteiger charge is -2.37. The van der Waals surface area contributed by atoms with Gasteiger partial charge in [0.2, 0.25) is 0 Å². The number of hydrogen-bond acceptors (Lipinski definition) is 6. The summed E-state index contributed by atoms with van der Waals surface area (Å²) < 4.78 is 16.5. The van der Waals surface area contributed by atoms with Crippen molar-refractivity contribution in [3.05, 3.63) is 82.2 Å². The molecule has 6 heteroatoms. The number of dihydropyridines is 1. The monoisotopic (exact) mass is 461 g/mol. The van der Waals surface area contributed by atoms with Crippen molar-refractivity contribution in [3.8, 4) is 11.5 Å². The molecular weight excluding hydrogens is 430 g/mol. The molecular formula is C28H31NO5. The summed E-state index contributed by atoms with van der Waals surface area (Å²) in [4.78, 5) is 26.9. The van der Waals surface area contributed by atoms with E-state index in [1.54, 1.807) is 20.3 Å². The van der Waals surface area contributed by atoms with E-state index in [1.807, 2.05) is 51.1 Å². The van der Waals surface area contributed by atoms with E-state index in [1.165, 1.54) is 0 Å². The summed E-state index contributed by atoms with van der Waals surface area (Å²) in [5.74, 6) is 0.268. The lowest BCUT2D eigenvalue weighted by molar-refractivity contribution is -0.143. The highest BCUT2D eigenvalue weighted by molar-refractivity contribution is 6.04. The van der Waals surface area contributed by atoms with Crippen LogP contribution in [0.3, 0.4) is 0 Å². The molecule has 1 aliphatic carbocycles. The molecule has 0 aromatic heterocycles. The van der Waals surface area contributed by atoms with Gasteiger partial charge in [0.1, 0.15) is 0 Å². The first-order valence-corrected chi connectivity index (χ1v) is 11.6. The standard InChI is InChI=1S/C28H31NO5/c1-16(2)34-28(31)25-17(3)29-21-13-20(18-9-7-6-8-10-18)14-22(30)27(21)26(25)19-11-12-23(32-4)24(15-19)33-5/h6-12,15-16,20,26,29H,13-14H2,1-5H3/t20-,26-/m0/s1. The second-order valence-corrected chi connectivity index (χ2v) is 9.00. The van der Waals surface area contributed by atoms with Crippen molar-refractivity contribution in [1.29, 1.82) is 0 Å². The largest absolute Gasteiger partial charge is 0.493 e. The minimum absolute atomic E-state index is 0.0322. The molecule has 0 fully saturated rings. The van der Waals surface area contributed by atoms with Crippen LogP contribution in [0.4, 0.5) is 0 Å². The maximum atomic E-state index is 13.6. The van der Waals surface area contributed by atoms with E-state index in [0.29, 0.717) is 41.2 Å². The number of esters is 1. The summed E-state index contributed by atoms with van der Waals surface area (Å²) in [6.45, 7) is 5.50. The highest BCUT2D eigenvalue weighted by Crippen LogP contribution is 2.47. The number of allylic oxidation sites excluding steroid dienone is 3. The molecule has 34 heavy (non-hydrogen) atoms. The minimum atomic E-state index is -0.550. The number of Topliss-reactive ketones (excluding diaryl/α,β-unsaturated/α-hetero) is 1. The fraction of sp³-hybridized carbons (Fsp3) is 0.357. The van der Waals surface area contributed by atoms with Crippen molar-refractivity contribution in [2.75, 3.05) is 14.2 Å². The van der Waals surface area contributed by atoms with Crippen LogP contribution in [0, 0.1) is 0 Å². The van der Waals surface area contributed by atoms with Crippen LogP contribution in [0.5, 0.6) is 11.5 Å². The van der Waals surface area contributed by atoms with E-state index in [-0.39, 0.29) is 17.8 Å². The third-order valence-corrected chi connectivity index (χ3v) is 6.40. The molecule has 0 bridgehead atoms. The first-order chi connectivity index (χ1) is 16.3. The van der Waals surface area contributed by atoms with Crippen LogP contribution in [0.1, 0.15) is 56.6 Å². The SMILES string of the molecule is COc1ccc([C@H]2C(C(=O)OC(C)C)=C(C)NC3=C2C(=O)C[C@@H](c2ccccc2)C3)cc1OC. The summed E-state index contributed by atoms with van der Waals surface area (Å²) in [6, 6.07) is 15.6. The van der Waals surface area contributed by atoms with Gasteiger partial charge in [-0.15, -0.1) is 0 Å². The maximum Gasteiger partial charge on any atom is 0.337 e. The van der Waals surface area contributed by atoms with E-state index < -0.39 is 11.9 Å². The Morgan fingerprint density at radius 3 is 2.32 bits per heavy atom. The van der Waals surface area contributed by atoms with Gasteiger partial charge in [0.05, 0.1) is 25.9 Å². The molecule has 2 aliphatic rings. The van der Waals surface area contributed by atoms with Crippen molar-refractivity contribution < 1.29 is 23.8 Å². The van der Waals surface area contributed by atoms with Gasteiger partial charge < -0.3 is 19.5 Å². The number of carbonyl (C=O) groups excluding carboxylic acids is 2. The van der Waals surface area contributed by atoms with Gasteiger partial charge in [-0.1, -0.05) is 36.4 Å². The molecule has 2 aromatic carbocycles. The molecule has 6 nitrogen and oxygen atoms in total. The average Bonchev–Trinajstić information content (AvgIpc) is 2.82. The van der Waals surface area contributed by atoms with Crippen LogP contribution in [0.15, 0.2) is 71.1 Å². The van der Waals surface area contributed by atoms with Crippen molar-refractivity contribution in [3.63, 3.8) is 0 Å². The number of carbonyl (C=O) groups is 2. The molecule has 2 atom stereocenters. The Morgan fingerprint density at radius 2 is 1.68 bits per heavy atom. The topological polar surface area (TPSA) is 73.9 Å². The Bertz CT molecular complexity index is 1160. The molecule has 178 valence electrons. The first-order valence-electron chi connectivity index (χ1n) is 11.6. The van der Waals surface area contributed by atoms with E-state index in [4.69, 9.17) is 14.2 Å². The number of ether oxygens (including phenoxy) is 3. The molecule has 1 aliphatic heterocycles. The van der Waals surface area contributed by atoms with Crippen molar-refractivity contribution in [2.45, 2.75) is 51.6 Å². The average molecular weight is 462 g/mol. The molecule has 0 amide bonds. The fourth-order valence-corrected chi connectivity index (χ4v) is 4.91. The molecule has 0 spiro atoms. The van der Waals surface area contributed by atoms with Gasteiger partial charge in [-0.2, -0.15) is 0 Å².